The van der Waals surface area contributed by atoms with E-state index in [1.807, 2.05) is 19.1 Å². The molecule has 0 radical (unpaired) electrons. The van der Waals surface area contributed by atoms with Crippen LogP contribution in [0.2, 0.25) is 0 Å². The first kappa shape index (κ1) is 38.9. The topological polar surface area (TPSA) is 135 Å². The number of alkyl halides is 2. The van der Waals surface area contributed by atoms with Gasteiger partial charge in [-0.2, -0.15) is 10.1 Å². The molecule has 4 aromatic heterocycles. The van der Waals surface area contributed by atoms with E-state index in [0.29, 0.717) is 63.8 Å². The van der Waals surface area contributed by atoms with E-state index >= 15 is 0 Å². The van der Waals surface area contributed by atoms with Crippen LogP contribution in [0.25, 0.3) is 21.5 Å². The van der Waals surface area contributed by atoms with Gasteiger partial charge in [0, 0.05) is 67.1 Å². The lowest BCUT2D eigenvalue weighted by Crippen LogP contribution is -2.46. The maximum atomic E-state index is 14.8. The van der Waals surface area contributed by atoms with Crippen molar-refractivity contribution in [2.75, 3.05) is 36.0 Å². The molecule has 1 saturated heterocycles. The average Bonchev–Trinajstić information content (AvgIpc) is 3.78. The molecule has 3 N–H and O–H groups in total. The highest BCUT2D eigenvalue weighted by Gasteiger charge is 2.31. The van der Waals surface area contributed by atoms with Gasteiger partial charge in [0.25, 0.3) is 12.3 Å². The average molecular weight is 816 g/mol. The van der Waals surface area contributed by atoms with Crippen molar-refractivity contribution < 1.29 is 31.5 Å². The number of thiazole rings is 1. The fraction of sp³-hybridized carbons (Fsp3) is 0.317. The van der Waals surface area contributed by atoms with E-state index in [4.69, 9.17) is 15.7 Å². The van der Waals surface area contributed by atoms with Crippen LogP contribution in [0.5, 0.6) is 0 Å². The van der Waals surface area contributed by atoms with Crippen molar-refractivity contribution in [1.29, 1.82) is 0 Å². The van der Waals surface area contributed by atoms with Crippen LogP contribution < -0.4 is 20.9 Å². The predicted molar refractivity (Wildman–Crippen MR) is 209 cm³/mol. The second kappa shape index (κ2) is 16.1. The van der Waals surface area contributed by atoms with Gasteiger partial charge >= 0.3 is 0 Å². The second-order valence-electron chi connectivity index (χ2n) is 14.7. The van der Waals surface area contributed by atoms with Crippen LogP contribution in [0.3, 0.4) is 0 Å². The summed E-state index contributed by atoms with van der Waals surface area (Å²) in [5.41, 5.74) is 8.31. The SMILES string of the molecule is CC1CCc2c(C(F)F)nn(CC(=O)NC(Cc3cc(F)cc(F)c3)c3nc4nc(N5CCN(c6ccncc6)CC5)sc4cc3-c3ccc(F)c(C(N)=O)c3)c2C1. The number of nitrogens with two attached hydrogens (primary N) is 1. The number of benzene rings is 2. The number of anilines is 2. The molecule has 2 unspecified atom stereocenters. The Morgan fingerprint density at radius 3 is 2.36 bits per heavy atom. The Morgan fingerprint density at radius 2 is 1.66 bits per heavy atom. The number of hydrogen-bond donors (Lipinski definition) is 2. The highest BCUT2D eigenvalue weighted by atomic mass is 32.1. The van der Waals surface area contributed by atoms with Gasteiger partial charge in [-0.05, 0) is 85.2 Å². The zero-order valence-corrected chi connectivity index (χ0v) is 32.1. The lowest BCUT2D eigenvalue weighted by atomic mass is 9.88. The number of nitrogens with one attached hydrogen (secondary N) is 1. The molecule has 11 nitrogen and oxygen atoms in total. The van der Waals surface area contributed by atoms with Crippen LogP contribution in [-0.2, 0) is 30.6 Å². The third-order valence-corrected chi connectivity index (χ3v) is 11.7. The molecule has 17 heteroatoms. The molecule has 8 rings (SSSR count). The summed E-state index contributed by atoms with van der Waals surface area (Å²) in [6.45, 7) is 4.37. The zero-order valence-electron chi connectivity index (χ0n) is 31.3. The van der Waals surface area contributed by atoms with Crippen molar-refractivity contribution in [1.82, 2.24) is 30.0 Å². The number of piperazine rings is 1. The molecule has 2 aliphatic rings. The third-order valence-electron chi connectivity index (χ3n) is 10.7. The number of primary amides is 1. The summed E-state index contributed by atoms with van der Waals surface area (Å²) in [7, 11) is 0. The van der Waals surface area contributed by atoms with Gasteiger partial charge in [-0.1, -0.05) is 24.3 Å². The van der Waals surface area contributed by atoms with E-state index in [0.717, 1.165) is 49.5 Å². The lowest BCUT2D eigenvalue weighted by molar-refractivity contribution is -0.122. The molecular formula is C41H38F5N9O2S. The van der Waals surface area contributed by atoms with Gasteiger partial charge in [0.05, 0.1) is 22.0 Å². The molecule has 1 aliphatic carbocycles. The summed E-state index contributed by atoms with van der Waals surface area (Å²) < 4.78 is 74.1. The van der Waals surface area contributed by atoms with Crippen LogP contribution in [0.15, 0.2) is 67.0 Å². The molecule has 2 amide bonds. The van der Waals surface area contributed by atoms with Gasteiger partial charge in [-0.25, -0.2) is 26.9 Å². The first-order valence-corrected chi connectivity index (χ1v) is 19.6. The van der Waals surface area contributed by atoms with Gasteiger partial charge in [0.2, 0.25) is 5.91 Å². The van der Waals surface area contributed by atoms with Crippen LogP contribution in [0.4, 0.5) is 32.8 Å². The first-order valence-electron chi connectivity index (χ1n) is 18.8. The van der Waals surface area contributed by atoms with Gasteiger partial charge < -0.3 is 20.9 Å². The number of halogens is 5. The minimum atomic E-state index is -2.82. The van der Waals surface area contributed by atoms with Crippen molar-refractivity contribution in [3.05, 3.63) is 118 Å². The van der Waals surface area contributed by atoms with Crippen molar-refractivity contribution in [3.63, 3.8) is 0 Å². The summed E-state index contributed by atoms with van der Waals surface area (Å²) >= 11 is 1.38. The maximum Gasteiger partial charge on any atom is 0.282 e. The van der Waals surface area contributed by atoms with Gasteiger partial charge in [0.15, 0.2) is 10.8 Å². The van der Waals surface area contributed by atoms with Crippen molar-refractivity contribution in [3.8, 4) is 11.1 Å². The van der Waals surface area contributed by atoms with Crippen molar-refractivity contribution in [2.24, 2.45) is 11.7 Å². The molecular weight excluding hydrogens is 778 g/mol. The van der Waals surface area contributed by atoms with Crippen LogP contribution in [0.1, 0.15) is 64.4 Å². The fourth-order valence-electron chi connectivity index (χ4n) is 7.83. The number of fused-ring (bicyclic) bond motifs is 2. The molecule has 5 heterocycles. The maximum absolute atomic E-state index is 14.8. The van der Waals surface area contributed by atoms with Crippen molar-refractivity contribution >= 4 is 44.3 Å². The molecule has 0 spiro atoms. The molecule has 58 heavy (non-hydrogen) atoms. The van der Waals surface area contributed by atoms with E-state index < -0.39 is 48.3 Å². The van der Waals surface area contributed by atoms with Crippen LogP contribution in [0, 0.1) is 23.4 Å². The number of pyridine rings is 2. The molecule has 300 valence electrons. The second-order valence-corrected chi connectivity index (χ2v) is 15.7. The number of amides is 2. The smallest absolute Gasteiger partial charge is 0.282 e. The Labute approximate surface area is 333 Å². The van der Waals surface area contributed by atoms with Gasteiger partial charge in [-0.15, -0.1) is 0 Å². The van der Waals surface area contributed by atoms with E-state index in [1.54, 1.807) is 18.5 Å². The minimum Gasteiger partial charge on any atom is -0.368 e. The Hall–Kier alpha value is -5.97. The van der Waals surface area contributed by atoms with Gasteiger partial charge in [0.1, 0.15) is 29.7 Å². The monoisotopic (exact) mass is 815 g/mol. The van der Waals surface area contributed by atoms with Crippen molar-refractivity contribution in [2.45, 2.75) is 51.6 Å². The van der Waals surface area contributed by atoms with E-state index in [2.05, 4.69) is 25.2 Å². The molecule has 1 aliphatic heterocycles. The van der Waals surface area contributed by atoms with E-state index in [9.17, 15) is 31.5 Å². The molecule has 6 aromatic rings. The number of rotatable bonds is 11. The number of nitrogens with zero attached hydrogens (tertiary/aromatic N) is 7. The summed E-state index contributed by atoms with van der Waals surface area (Å²) in [4.78, 5) is 44.6. The number of aromatic nitrogens is 5. The minimum absolute atomic E-state index is 0.166. The third kappa shape index (κ3) is 8.08. The molecule has 0 saturated carbocycles. The molecule has 1 fully saturated rings. The zero-order chi connectivity index (χ0) is 40.7. The van der Waals surface area contributed by atoms with E-state index in [-0.39, 0.29) is 34.9 Å². The summed E-state index contributed by atoms with van der Waals surface area (Å²) in [5.74, 6) is -3.93. The number of carbonyl (C=O) groups is 2. The first-order chi connectivity index (χ1) is 27.9. The lowest BCUT2D eigenvalue weighted by Gasteiger charge is -2.35. The fourth-order valence-corrected chi connectivity index (χ4v) is 8.83. The Balaban J connectivity index is 1.20. The Morgan fingerprint density at radius 1 is 0.931 bits per heavy atom. The summed E-state index contributed by atoms with van der Waals surface area (Å²) in [5, 5.41) is 7.78. The Bertz CT molecular complexity index is 2480. The molecule has 0 bridgehead atoms. The van der Waals surface area contributed by atoms with Crippen LogP contribution >= 0.6 is 11.3 Å². The standard InChI is InChI=1S/C41H38F5N9O2S/c1-22-2-4-28-33(14-22)55(52-37(28)38(45)46)21-35(56)49-32(17-23-15-25(42)19-26(43)16-23)36-29(24-3-5-31(44)30(18-24)39(47)57)20-34-40(50-36)51-41(58-34)54-12-10-53(11-13-54)27-6-8-48-9-7-27/h3,5-9,15-16,18-20,22,32,38H,2,4,10-14,17,21H2,1H3,(H2,47,57)(H,49,56). The molecule has 2 atom stereocenters. The van der Waals surface area contributed by atoms with E-state index in [1.165, 1.54) is 28.2 Å². The number of hydrogen-bond acceptors (Lipinski definition) is 9. The highest BCUT2D eigenvalue weighted by Crippen LogP contribution is 2.38. The van der Waals surface area contributed by atoms with Crippen LogP contribution in [-0.4, -0.2) is 62.7 Å². The summed E-state index contributed by atoms with van der Waals surface area (Å²) in [6.07, 6.45) is 2.11. The number of carbonyl (C=O) groups excluding carboxylic acids is 2. The normalized spacial score (nSPS) is 16.2. The Kier molecular flexibility index (Phi) is 10.8. The predicted octanol–water partition coefficient (Wildman–Crippen LogP) is 6.96. The highest BCUT2D eigenvalue weighted by molar-refractivity contribution is 7.22. The van der Waals surface area contributed by atoms with Gasteiger partial charge in [-0.3, -0.25) is 19.3 Å². The largest absolute Gasteiger partial charge is 0.368 e. The quantitative estimate of drug-likeness (QED) is 0.134. The summed E-state index contributed by atoms with van der Waals surface area (Å²) in [6, 6.07) is 11.4. The molecule has 2 aromatic carbocycles.